The molecule has 0 saturated carbocycles. The molecule has 3 aliphatic heterocycles. The summed E-state index contributed by atoms with van der Waals surface area (Å²) in [5.41, 5.74) is 4.18. The molecule has 5 heteroatoms. The second-order valence-corrected chi connectivity index (χ2v) is 8.62. The van der Waals surface area contributed by atoms with Crippen molar-refractivity contribution in [2.24, 2.45) is 10.4 Å². The Morgan fingerprint density at radius 1 is 1.28 bits per heavy atom. The third-order valence-electron chi connectivity index (χ3n) is 6.84. The average Bonchev–Trinajstić information content (AvgIpc) is 3.36. The van der Waals surface area contributed by atoms with Crippen LogP contribution in [0.4, 0.5) is 0 Å². The van der Waals surface area contributed by atoms with E-state index in [0.29, 0.717) is 0 Å². The zero-order valence-electron chi connectivity index (χ0n) is 16.9. The quantitative estimate of drug-likeness (QED) is 0.816. The van der Waals surface area contributed by atoms with E-state index >= 15 is 0 Å². The van der Waals surface area contributed by atoms with Gasteiger partial charge < -0.3 is 10.2 Å². The van der Waals surface area contributed by atoms with Crippen molar-refractivity contribution in [1.29, 1.82) is 0 Å². The number of allylic oxidation sites excluding steroid dienone is 2. The molecular formula is C24H28N4O. The molecule has 0 bridgehead atoms. The lowest BCUT2D eigenvalue weighted by Crippen LogP contribution is -2.40. The molecule has 0 spiro atoms. The van der Waals surface area contributed by atoms with Crippen LogP contribution in [0.2, 0.25) is 0 Å². The second kappa shape index (κ2) is 7.39. The minimum Gasteiger partial charge on any atom is -0.344 e. The van der Waals surface area contributed by atoms with Crippen molar-refractivity contribution in [3.8, 4) is 0 Å². The van der Waals surface area contributed by atoms with E-state index < -0.39 is 0 Å². The lowest BCUT2D eigenvalue weighted by molar-refractivity contribution is -0.118. The average molecular weight is 389 g/mol. The van der Waals surface area contributed by atoms with Gasteiger partial charge in [-0.05, 0) is 67.8 Å². The lowest BCUT2D eigenvalue weighted by Gasteiger charge is -2.36. The number of nitrogens with zero attached hydrogens (tertiary/aromatic N) is 2. The largest absolute Gasteiger partial charge is 0.344 e. The zero-order valence-corrected chi connectivity index (χ0v) is 16.9. The van der Waals surface area contributed by atoms with Crippen LogP contribution >= 0.6 is 0 Å². The standard InChI is InChI=1S/C24H28N4O/c1-24-19-9-10-25-23(24)26-15-20(24)14-18(13-19)22(29)27-21(16-28-11-5-6-12-28)17-7-3-2-4-8-17/h2-4,7-10,13-14,21,23,26H,5-6,11-12,15-16H2,1H3,(H,27,29)/t21-,23?,24?/m1/s1. The molecule has 2 N–H and O–H groups in total. The van der Waals surface area contributed by atoms with Crippen molar-refractivity contribution in [2.75, 3.05) is 26.2 Å². The molecule has 0 radical (unpaired) electrons. The number of carbonyl (C=O) groups is 1. The first-order chi connectivity index (χ1) is 14.1. The van der Waals surface area contributed by atoms with Crippen LogP contribution in [0.1, 0.15) is 31.4 Å². The number of dihydropyridines is 1. The summed E-state index contributed by atoms with van der Waals surface area (Å²) in [7, 11) is 0. The fourth-order valence-corrected chi connectivity index (χ4v) is 5.01. The normalized spacial score (nSPS) is 29.0. The number of rotatable bonds is 5. The van der Waals surface area contributed by atoms with Gasteiger partial charge in [-0.3, -0.25) is 15.1 Å². The van der Waals surface area contributed by atoms with E-state index in [0.717, 1.165) is 37.3 Å². The first-order valence-corrected chi connectivity index (χ1v) is 10.6. The number of hydrogen-bond donors (Lipinski definition) is 2. The number of nitrogens with one attached hydrogen (secondary N) is 2. The van der Waals surface area contributed by atoms with E-state index in [2.05, 4.69) is 45.7 Å². The Kier molecular flexibility index (Phi) is 4.72. The summed E-state index contributed by atoms with van der Waals surface area (Å²) < 4.78 is 0. The van der Waals surface area contributed by atoms with Gasteiger partial charge in [0.1, 0.15) is 6.17 Å². The Morgan fingerprint density at radius 3 is 2.86 bits per heavy atom. The number of benzene rings is 1. The van der Waals surface area contributed by atoms with Gasteiger partial charge in [-0.25, -0.2) is 0 Å². The van der Waals surface area contributed by atoms with Gasteiger partial charge >= 0.3 is 0 Å². The third kappa shape index (κ3) is 3.28. The molecule has 3 heterocycles. The monoisotopic (exact) mass is 388 g/mol. The van der Waals surface area contributed by atoms with Crippen molar-refractivity contribution in [2.45, 2.75) is 32.0 Å². The highest BCUT2D eigenvalue weighted by Crippen LogP contribution is 2.48. The van der Waals surface area contributed by atoms with E-state index in [4.69, 9.17) is 0 Å². The molecule has 1 aromatic carbocycles. The topological polar surface area (TPSA) is 56.7 Å². The summed E-state index contributed by atoms with van der Waals surface area (Å²) in [6.07, 6.45) is 10.6. The SMILES string of the molecule is CC12C3=CC=NC1NCC2=CC(C(=O)N[C@H](CN1CCCC1)c1ccccc1)=C3. The molecule has 5 rings (SSSR count). The van der Waals surface area contributed by atoms with Crippen molar-refractivity contribution in [1.82, 2.24) is 15.5 Å². The predicted octanol–water partition coefficient (Wildman–Crippen LogP) is 2.75. The first-order valence-electron chi connectivity index (χ1n) is 10.6. The lowest BCUT2D eigenvalue weighted by atomic mass is 9.70. The molecule has 0 aromatic heterocycles. The van der Waals surface area contributed by atoms with E-state index in [9.17, 15) is 4.79 Å². The molecule has 2 saturated heterocycles. The molecule has 3 atom stereocenters. The minimum atomic E-state index is -0.132. The van der Waals surface area contributed by atoms with Crippen LogP contribution in [0, 0.1) is 5.41 Å². The Bertz CT molecular complexity index is 923. The van der Waals surface area contributed by atoms with Gasteiger partial charge in [0.05, 0.1) is 11.5 Å². The highest BCUT2D eigenvalue weighted by molar-refractivity contribution is 5.98. The Morgan fingerprint density at radius 2 is 2.07 bits per heavy atom. The number of aliphatic imine (C=N–C) groups is 1. The Labute approximate surface area is 172 Å². The summed E-state index contributed by atoms with van der Waals surface area (Å²) in [5, 5.41) is 6.79. The number of amides is 1. The Balaban J connectivity index is 1.40. The predicted molar refractivity (Wildman–Crippen MR) is 116 cm³/mol. The van der Waals surface area contributed by atoms with Crippen LogP contribution < -0.4 is 10.6 Å². The van der Waals surface area contributed by atoms with Crippen LogP contribution in [0.5, 0.6) is 0 Å². The van der Waals surface area contributed by atoms with E-state index in [1.165, 1.54) is 24.0 Å². The summed E-state index contributed by atoms with van der Waals surface area (Å²) in [6.45, 7) is 6.08. The van der Waals surface area contributed by atoms with Crippen LogP contribution in [-0.2, 0) is 4.79 Å². The highest BCUT2D eigenvalue weighted by atomic mass is 16.1. The molecule has 1 aliphatic carbocycles. The van der Waals surface area contributed by atoms with Crippen molar-refractivity contribution >= 4 is 12.1 Å². The second-order valence-electron chi connectivity index (χ2n) is 8.62. The summed E-state index contributed by atoms with van der Waals surface area (Å²) in [4.78, 5) is 20.3. The number of carbonyl (C=O) groups excluding carboxylic acids is 1. The van der Waals surface area contributed by atoms with E-state index in [-0.39, 0.29) is 23.5 Å². The molecule has 4 aliphatic rings. The van der Waals surface area contributed by atoms with Crippen LogP contribution in [0.25, 0.3) is 0 Å². The third-order valence-corrected chi connectivity index (χ3v) is 6.84. The fourth-order valence-electron chi connectivity index (χ4n) is 5.01. The minimum absolute atomic E-state index is 0.000498. The van der Waals surface area contributed by atoms with Crippen molar-refractivity contribution in [3.05, 3.63) is 70.8 Å². The van der Waals surface area contributed by atoms with Gasteiger partial charge in [0.25, 0.3) is 5.91 Å². The van der Waals surface area contributed by atoms with E-state index in [1.807, 2.05) is 36.6 Å². The first kappa shape index (κ1) is 18.5. The summed E-state index contributed by atoms with van der Waals surface area (Å²) in [5.74, 6) is -0.000498. The molecule has 29 heavy (non-hydrogen) atoms. The van der Waals surface area contributed by atoms with Gasteiger partial charge in [-0.2, -0.15) is 0 Å². The van der Waals surface area contributed by atoms with Crippen molar-refractivity contribution < 1.29 is 4.79 Å². The van der Waals surface area contributed by atoms with Crippen molar-refractivity contribution in [3.63, 3.8) is 0 Å². The van der Waals surface area contributed by atoms with Gasteiger partial charge in [-0.15, -0.1) is 0 Å². The number of hydrogen-bond acceptors (Lipinski definition) is 4. The molecule has 150 valence electrons. The maximum atomic E-state index is 13.3. The Hall–Kier alpha value is -2.50. The highest BCUT2D eigenvalue weighted by Gasteiger charge is 2.47. The van der Waals surface area contributed by atoms with Crippen LogP contribution in [-0.4, -0.2) is 49.4 Å². The molecule has 1 aromatic rings. The summed E-state index contributed by atoms with van der Waals surface area (Å²) in [6, 6.07) is 10.3. The van der Waals surface area contributed by atoms with Crippen LogP contribution in [0.15, 0.2) is 70.3 Å². The molecule has 1 amide bonds. The number of likely N-dealkylation sites (tertiary alicyclic amines) is 1. The van der Waals surface area contributed by atoms with Gasteiger partial charge in [0.2, 0.25) is 0 Å². The molecule has 2 unspecified atom stereocenters. The van der Waals surface area contributed by atoms with Gasteiger partial charge in [0.15, 0.2) is 0 Å². The van der Waals surface area contributed by atoms with Crippen LogP contribution in [0.3, 0.4) is 0 Å². The smallest absolute Gasteiger partial charge is 0.251 e. The van der Waals surface area contributed by atoms with Gasteiger partial charge in [0, 0.05) is 24.9 Å². The maximum absolute atomic E-state index is 13.3. The molecule has 2 fully saturated rings. The van der Waals surface area contributed by atoms with E-state index in [1.54, 1.807) is 0 Å². The summed E-state index contributed by atoms with van der Waals surface area (Å²) >= 11 is 0. The maximum Gasteiger partial charge on any atom is 0.251 e. The van der Waals surface area contributed by atoms with Gasteiger partial charge in [-0.1, -0.05) is 30.3 Å². The molecule has 5 nitrogen and oxygen atoms in total. The zero-order chi connectivity index (χ0) is 19.8. The molecular weight excluding hydrogens is 360 g/mol. The fraction of sp³-hybridized carbons (Fsp3) is 0.417.